The lowest BCUT2D eigenvalue weighted by Crippen LogP contribution is -2.52. The molecular formula is C13H23N3O4S. The molecule has 0 aromatic carbocycles. The predicted octanol–water partition coefficient (Wildman–Crippen LogP) is 0.743. The normalized spacial score (nSPS) is 12.4. The second-order valence-corrected chi connectivity index (χ2v) is 6.71. The number of carbonyl (C=O) groups excluding carboxylic acids is 1. The van der Waals surface area contributed by atoms with Crippen molar-refractivity contribution >= 4 is 15.9 Å². The van der Waals surface area contributed by atoms with Crippen LogP contribution in [-0.2, 0) is 10.0 Å². The summed E-state index contributed by atoms with van der Waals surface area (Å²) in [6, 6.07) is 1.23. The standard InChI is InChI=1S/C13H23N3O4S/c1-5-13(6-2,8-14)16-12(17)10-7-11(20-9(10)3)21(18,19)15-4/h7,15H,5-6,8,14H2,1-4H3,(H,16,17). The van der Waals surface area contributed by atoms with Crippen molar-refractivity contribution in [2.24, 2.45) is 5.73 Å². The fraction of sp³-hybridized carbons (Fsp3) is 0.615. The van der Waals surface area contributed by atoms with Crippen LogP contribution in [0.1, 0.15) is 42.8 Å². The van der Waals surface area contributed by atoms with E-state index in [1.54, 1.807) is 6.92 Å². The maximum absolute atomic E-state index is 12.3. The average Bonchev–Trinajstić information content (AvgIpc) is 2.87. The van der Waals surface area contributed by atoms with E-state index in [1.807, 2.05) is 13.8 Å². The Bertz CT molecular complexity index is 595. The molecule has 1 heterocycles. The lowest BCUT2D eigenvalue weighted by molar-refractivity contribution is 0.0893. The Morgan fingerprint density at radius 1 is 1.38 bits per heavy atom. The molecule has 1 aromatic heterocycles. The summed E-state index contributed by atoms with van der Waals surface area (Å²) in [6.45, 7) is 5.74. The molecule has 1 rings (SSSR count). The van der Waals surface area contributed by atoms with Gasteiger partial charge in [-0.15, -0.1) is 0 Å². The molecule has 8 heteroatoms. The second-order valence-electron chi connectivity index (χ2n) is 4.89. The molecule has 1 aromatic rings. The molecule has 0 saturated carbocycles. The Labute approximate surface area is 125 Å². The third-order valence-corrected chi connectivity index (χ3v) is 5.06. The minimum absolute atomic E-state index is 0.198. The lowest BCUT2D eigenvalue weighted by Gasteiger charge is -2.31. The van der Waals surface area contributed by atoms with E-state index in [0.29, 0.717) is 19.4 Å². The van der Waals surface area contributed by atoms with Crippen molar-refractivity contribution < 1.29 is 17.6 Å². The molecule has 0 bridgehead atoms. The van der Waals surface area contributed by atoms with Gasteiger partial charge in [-0.05, 0) is 26.8 Å². The third kappa shape index (κ3) is 3.63. The Kier molecular flexibility index (Phi) is 5.54. The van der Waals surface area contributed by atoms with Crippen molar-refractivity contribution in [3.05, 3.63) is 17.4 Å². The van der Waals surface area contributed by atoms with Gasteiger partial charge in [0.1, 0.15) is 5.76 Å². The molecule has 0 fully saturated rings. The van der Waals surface area contributed by atoms with Gasteiger partial charge in [-0.3, -0.25) is 4.79 Å². The summed E-state index contributed by atoms with van der Waals surface area (Å²) in [4.78, 5) is 12.3. The van der Waals surface area contributed by atoms with Gasteiger partial charge in [0.15, 0.2) is 0 Å². The summed E-state index contributed by atoms with van der Waals surface area (Å²) in [5.41, 5.74) is 5.45. The van der Waals surface area contributed by atoms with Gasteiger partial charge in [0, 0.05) is 12.6 Å². The SMILES string of the molecule is CCC(CC)(CN)NC(=O)c1cc(S(=O)(=O)NC)oc1C. The first kappa shape index (κ1) is 17.7. The molecule has 0 aliphatic carbocycles. The molecule has 120 valence electrons. The monoisotopic (exact) mass is 317 g/mol. The van der Waals surface area contributed by atoms with Crippen LogP contribution in [0.25, 0.3) is 0 Å². The van der Waals surface area contributed by atoms with Crippen LogP contribution >= 0.6 is 0 Å². The van der Waals surface area contributed by atoms with Crippen molar-refractivity contribution in [1.82, 2.24) is 10.0 Å². The summed E-state index contributed by atoms with van der Waals surface area (Å²) in [6.07, 6.45) is 1.37. The van der Waals surface area contributed by atoms with E-state index in [-0.39, 0.29) is 22.3 Å². The first-order valence-corrected chi connectivity index (χ1v) is 8.30. The predicted molar refractivity (Wildman–Crippen MR) is 79.5 cm³/mol. The Morgan fingerprint density at radius 2 is 1.95 bits per heavy atom. The zero-order chi connectivity index (χ0) is 16.3. The zero-order valence-corrected chi connectivity index (χ0v) is 13.6. The molecule has 0 atom stereocenters. The highest BCUT2D eigenvalue weighted by atomic mass is 32.2. The molecule has 21 heavy (non-hydrogen) atoms. The van der Waals surface area contributed by atoms with E-state index >= 15 is 0 Å². The number of nitrogens with one attached hydrogen (secondary N) is 2. The largest absolute Gasteiger partial charge is 0.448 e. The fourth-order valence-corrected chi connectivity index (χ4v) is 2.70. The number of amides is 1. The average molecular weight is 317 g/mol. The first-order valence-electron chi connectivity index (χ1n) is 6.81. The minimum atomic E-state index is -3.72. The van der Waals surface area contributed by atoms with E-state index in [0.717, 1.165) is 0 Å². The Morgan fingerprint density at radius 3 is 2.38 bits per heavy atom. The molecule has 0 spiro atoms. The van der Waals surface area contributed by atoms with Crippen molar-refractivity contribution in [2.75, 3.05) is 13.6 Å². The van der Waals surface area contributed by atoms with Crippen LogP contribution in [0.3, 0.4) is 0 Å². The zero-order valence-electron chi connectivity index (χ0n) is 12.8. The van der Waals surface area contributed by atoms with Gasteiger partial charge in [-0.25, -0.2) is 13.1 Å². The molecule has 0 unspecified atom stereocenters. The topological polar surface area (TPSA) is 114 Å². The smallest absolute Gasteiger partial charge is 0.273 e. The molecule has 0 saturated heterocycles. The van der Waals surface area contributed by atoms with Crippen LogP contribution < -0.4 is 15.8 Å². The van der Waals surface area contributed by atoms with Gasteiger partial charge in [0.25, 0.3) is 15.9 Å². The first-order chi connectivity index (χ1) is 9.75. The van der Waals surface area contributed by atoms with Gasteiger partial charge >= 0.3 is 0 Å². The van der Waals surface area contributed by atoms with Gasteiger partial charge in [0.05, 0.1) is 11.1 Å². The molecule has 0 aliphatic rings. The van der Waals surface area contributed by atoms with E-state index in [9.17, 15) is 13.2 Å². The number of aryl methyl sites for hydroxylation is 1. The van der Waals surface area contributed by atoms with Crippen molar-refractivity contribution in [3.63, 3.8) is 0 Å². The van der Waals surface area contributed by atoms with Crippen LogP contribution in [0.4, 0.5) is 0 Å². The van der Waals surface area contributed by atoms with Crippen molar-refractivity contribution in [3.8, 4) is 0 Å². The number of sulfonamides is 1. The van der Waals surface area contributed by atoms with E-state index in [4.69, 9.17) is 10.2 Å². The van der Waals surface area contributed by atoms with Gasteiger partial charge < -0.3 is 15.5 Å². The van der Waals surface area contributed by atoms with Crippen LogP contribution in [0.2, 0.25) is 0 Å². The number of hydrogen-bond donors (Lipinski definition) is 3. The van der Waals surface area contributed by atoms with Crippen molar-refractivity contribution in [2.45, 2.75) is 44.2 Å². The fourth-order valence-electron chi connectivity index (χ4n) is 1.99. The number of hydrogen-bond acceptors (Lipinski definition) is 5. The van der Waals surface area contributed by atoms with Crippen LogP contribution in [-0.4, -0.2) is 33.5 Å². The summed E-state index contributed by atoms with van der Waals surface area (Å²) in [5, 5.41) is 2.60. The van der Waals surface area contributed by atoms with E-state index in [2.05, 4.69) is 10.0 Å². The summed E-state index contributed by atoms with van der Waals surface area (Å²) in [5.74, 6) is -0.137. The van der Waals surface area contributed by atoms with Crippen molar-refractivity contribution in [1.29, 1.82) is 0 Å². The Hall–Kier alpha value is -1.38. The second kappa shape index (κ2) is 6.59. The number of carbonyl (C=O) groups is 1. The highest BCUT2D eigenvalue weighted by molar-refractivity contribution is 7.89. The third-order valence-electron chi connectivity index (χ3n) is 3.80. The number of rotatable bonds is 7. The summed E-state index contributed by atoms with van der Waals surface area (Å²) < 4.78 is 30.7. The Balaban J connectivity index is 3.10. The van der Waals surface area contributed by atoms with Crippen LogP contribution in [0.5, 0.6) is 0 Å². The summed E-state index contributed by atoms with van der Waals surface area (Å²) >= 11 is 0. The lowest BCUT2D eigenvalue weighted by atomic mass is 9.92. The molecular weight excluding hydrogens is 294 g/mol. The van der Waals surface area contributed by atoms with E-state index in [1.165, 1.54) is 13.1 Å². The van der Waals surface area contributed by atoms with Gasteiger partial charge in [-0.2, -0.15) is 0 Å². The quantitative estimate of drug-likeness (QED) is 0.686. The maximum Gasteiger partial charge on any atom is 0.273 e. The number of furan rings is 1. The maximum atomic E-state index is 12.3. The van der Waals surface area contributed by atoms with Crippen LogP contribution in [0, 0.1) is 6.92 Å². The van der Waals surface area contributed by atoms with Gasteiger partial charge in [0.2, 0.25) is 5.09 Å². The molecule has 0 radical (unpaired) electrons. The molecule has 1 amide bonds. The van der Waals surface area contributed by atoms with Crippen LogP contribution in [0.15, 0.2) is 15.6 Å². The summed E-state index contributed by atoms with van der Waals surface area (Å²) in [7, 11) is -2.44. The minimum Gasteiger partial charge on any atom is -0.448 e. The highest BCUT2D eigenvalue weighted by Crippen LogP contribution is 2.21. The van der Waals surface area contributed by atoms with Gasteiger partial charge in [-0.1, -0.05) is 13.8 Å². The molecule has 4 N–H and O–H groups in total. The molecule has 0 aliphatic heterocycles. The molecule has 7 nitrogen and oxygen atoms in total. The number of nitrogens with two attached hydrogens (primary N) is 1. The highest BCUT2D eigenvalue weighted by Gasteiger charge is 2.29. The van der Waals surface area contributed by atoms with E-state index < -0.39 is 15.6 Å².